The molecule has 4 heteroatoms. The van der Waals surface area contributed by atoms with Crippen molar-refractivity contribution in [2.45, 2.75) is 64.0 Å². The van der Waals surface area contributed by atoms with Gasteiger partial charge in [0.1, 0.15) is 12.4 Å². The molecular formula is C20H35NOS2. The number of unbranched alkanes of at least 4 members (excludes halogenated alkanes) is 5. The zero-order valence-corrected chi connectivity index (χ0v) is 17.3. The van der Waals surface area contributed by atoms with Gasteiger partial charge in [0.25, 0.3) is 0 Å². The van der Waals surface area contributed by atoms with E-state index in [2.05, 4.69) is 26.1 Å². The Morgan fingerprint density at radius 2 is 1.71 bits per heavy atom. The maximum atomic E-state index is 5.70. The molecule has 0 aliphatic carbocycles. The number of nitrogens with one attached hydrogen (secondary N) is 1. The average Bonchev–Trinajstić information content (AvgIpc) is 2.58. The minimum absolute atomic E-state index is 0.264. The van der Waals surface area contributed by atoms with Crippen LogP contribution in [0, 0.1) is 0 Å². The van der Waals surface area contributed by atoms with Gasteiger partial charge in [0.15, 0.2) is 0 Å². The molecule has 1 aromatic carbocycles. The number of hydrogen-bond acceptors (Lipinski definition) is 4. The van der Waals surface area contributed by atoms with Crippen LogP contribution in [-0.2, 0) is 0 Å². The first kappa shape index (κ1) is 21.7. The molecule has 0 heterocycles. The topological polar surface area (TPSA) is 21.3 Å². The molecule has 138 valence electrons. The lowest BCUT2D eigenvalue weighted by Crippen LogP contribution is -2.34. The Balaban J connectivity index is 1.95. The van der Waals surface area contributed by atoms with Gasteiger partial charge in [0, 0.05) is 23.6 Å². The van der Waals surface area contributed by atoms with E-state index in [1.165, 1.54) is 44.3 Å². The highest BCUT2D eigenvalue weighted by Crippen LogP contribution is 2.35. The third-order valence-corrected chi connectivity index (χ3v) is 7.08. The van der Waals surface area contributed by atoms with Crippen molar-refractivity contribution < 1.29 is 4.74 Å². The van der Waals surface area contributed by atoms with Crippen molar-refractivity contribution in [3.05, 3.63) is 30.3 Å². The van der Waals surface area contributed by atoms with Crippen LogP contribution in [0.1, 0.15) is 59.3 Å². The molecule has 0 saturated carbocycles. The minimum Gasteiger partial charge on any atom is -0.492 e. The summed E-state index contributed by atoms with van der Waals surface area (Å²) in [5.74, 6) is 2.22. The zero-order valence-electron chi connectivity index (χ0n) is 15.7. The lowest BCUT2D eigenvalue weighted by Gasteiger charge is -2.23. The lowest BCUT2D eigenvalue weighted by atomic mass is 10.1. The van der Waals surface area contributed by atoms with Crippen molar-refractivity contribution in [2.75, 3.05) is 25.4 Å². The van der Waals surface area contributed by atoms with Crippen molar-refractivity contribution >= 4 is 21.6 Å². The molecule has 0 aliphatic heterocycles. The Labute approximate surface area is 157 Å². The molecule has 0 atom stereocenters. The molecule has 0 bridgehead atoms. The van der Waals surface area contributed by atoms with Gasteiger partial charge in [-0.15, -0.1) is 0 Å². The van der Waals surface area contributed by atoms with E-state index in [-0.39, 0.29) is 4.75 Å². The van der Waals surface area contributed by atoms with Crippen molar-refractivity contribution in [2.24, 2.45) is 0 Å². The molecule has 0 radical (unpaired) electrons. The normalized spacial score (nSPS) is 11.6. The third-order valence-electron chi connectivity index (χ3n) is 3.71. The number of ether oxygens (including phenoxy) is 1. The highest BCUT2D eigenvalue weighted by molar-refractivity contribution is 8.77. The van der Waals surface area contributed by atoms with Crippen LogP contribution in [0.2, 0.25) is 0 Å². The van der Waals surface area contributed by atoms with Crippen LogP contribution in [-0.4, -0.2) is 30.2 Å². The second kappa shape index (κ2) is 13.9. The summed E-state index contributed by atoms with van der Waals surface area (Å²) in [6, 6.07) is 10.0. The summed E-state index contributed by atoms with van der Waals surface area (Å²) in [7, 11) is 4.04. The molecule has 1 rings (SSSR count). The Morgan fingerprint density at radius 3 is 2.46 bits per heavy atom. The monoisotopic (exact) mass is 369 g/mol. The molecular weight excluding hydrogens is 334 g/mol. The second-order valence-electron chi connectivity index (χ2n) is 6.77. The molecule has 0 unspecified atom stereocenters. The fourth-order valence-electron chi connectivity index (χ4n) is 2.32. The quantitative estimate of drug-likeness (QED) is 0.294. The number of rotatable bonds is 15. The molecule has 0 aromatic heterocycles. The van der Waals surface area contributed by atoms with Crippen LogP contribution < -0.4 is 10.1 Å². The van der Waals surface area contributed by atoms with E-state index in [9.17, 15) is 0 Å². The maximum absolute atomic E-state index is 5.70. The zero-order chi connectivity index (χ0) is 17.5. The van der Waals surface area contributed by atoms with E-state index >= 15 is 0 Å². The molecule has 0 aliphatic rings. The summed E-state index contributed by atoms with van der Waals surface area (Å²) in [4.78, 5) is 0. The van der Waals surface area contributed by atoms with E-state index in [1.807, 2.05) is 51.9 Å². The lowest BCUT2D eigenvalue weighted by molar-refractivity contribution is 0.312. The first-order valence-corrected chi connectivity index (χ1v) is 11.6. The van der Waals surface area contributed by atoms with Gasteiger partial charge in [-0.3, -0.25) is 0 Å². The molecule has 1 N–H and O–H groups in total. The molecule has 0 spiro atoms. The maximum Gasteiger partial charge on any atom is 0.119 e. The van der Waals surface area contributed by atoms with Crippen LogP contribution in [0.3, 0.4) is 0 Å². The number of hydrogen-bond donors (Lipinski definition) is 1. The Hall–Kier alpha value is -0.320. The highest BCUT2D eigenvalue weighted by atomic mass is 33.1. The minimum atomic E-state index is 0.264. The largest absolute Gasteiger partial charge is 0.492 e. The molecule has 1 aromatic rings. The van der Waals surface area contributed by atoms with Gasteiger partial charge in [-0.2, -0.15) is 0 Å². The van der Waals surface area contributed by atoms with Crippen molar-refractivity contribution in [3.63, 3.8) is 0 Å². The van der Waals surface area contributed by atoms with Crippen LogP contribution in [0.25, 0.3) is 0 Å². The number of benzene rings is 1. The summed E-state index contributed by atoms with van der Waals surface area (Å²) < 4.78 is 5.96. The number of para-hydroxylation sites is 1. The molecule has 0 amide bonds. The summed E-state index contributed by atoms with van der Waals surface area (Å²) in [6.45, 7) is 9.53. The van der Waals surface area contributed by atoms with Crippen molar-refractivity contribution in [3.8, 4) is 5.75 Å². The first-order valence-electron chi connectivity index (χ1n) is 9.33. The van der Waals surface area contributed by atoms with Crippen LogP contribution in [0.5, 0.6) is 5.75 Å². The summed E-state index contributed by atoms with van der Waals surface area (Å²) in [6.07, 6.45) is 8.30. The van der Waals surface area contributed by atoms with Gasteiger partial charge in [-0.25, -0.2) is 0 Å². The van der Waals surface area contributed by atoms with Gasteiger partial charge in [-0.05, 0) is 32.4 Å². The predicted octanol–water partition coefficient (Wildman–Crippen LogP) is 6.18. The SMILES string of the molecule is CCCCCCCCSSC(C)(C)CNCCOc1ccccc1. The van der Waals surface area contributed by atoms with E-state index in [4.69, 9.17) is 4.74 Å². The molecule has 2 nitrogen and oxygen atoms in total. The fraction of sp³-hybridized carbons (Fsp3) is 0.700. The Bertz CT molecular complexity index is 398. The Morgan fingerprint density at radius 1 is 1.00 bits per heavy atom. The van der Waals surface area contributed by atoms with Gasteiger partial charge in [0.2, 0.25) is 0 Å². The Kier molecular flexibility index (Phi) is 12.6. The van der Waals surface area contributed by atoms with E-state index < -0.39 is 0 Å². The van der Waals surface area contributed by atoms with Gasteiger partial charge >= 0.3 is 0 Å². The fourth-order valence-corrected chi connectivity index (χ4v) is 4.94. The second-order valence-corrected chi connectivity index (χ2v) is 9.89. The standard InChI is InChI=1S/C20H35NOS2/c1-4-5-6-7-8-12-17-23-24-20(2,3)18-21-15-16-22-19-13-10-9-11-14-19/h9-11,13-14,21H,4-8,12,15-18H2,1-3H3. The predicted molar refractivity (Wildman–Crippen MR) is 112 cm³/mol. The van der Waals surface area contributed by atoms with E-state index in [1.54, 1.807) is 0 Å². The highest BCUT2D eigenvalue weighted by Gasteiger charge is 2.18. The van der Waals surface area contributed by atoms with Crippen LogP contribution in [0.15, 0.2) is 30.3 Å². The van der Waals surface area contributed by atoms with Gasteiger partial charge in [-0.1, -0.05) is 78.8 Å². The average molecular weight is 370 g/mol. The van der Waals surface area contributed by atoms with Gasteiger partial charge in [0.05, 0.1) is 0 Å². The molecule has 0 saturated heterocycles. The first-order chi connectivity index (χ1) is 11.6. The van der Waals surface area contributed by atoms with Crippen LogP contribution in [0.4, 0.5) is 0 Å². The van der Waals surface area contributed by atoms with Crippen molar-refractivity contribution in [1.82, 2.24) is 5.32 Å². The summed E-state index contributed by atoms with van der Waals surface area (Å²) in [5.41, 5.74) is 0. The molecule has 0 fully saturated rings. The smallest absolute Gasteiger partial charge is 0.119 e. The van der Waals surface area contributed by atoms with E-state index in [0.29, 0.717) is 0 Å². The summed E-state index contributed by atoms with van der Waals surface area (Å²) >= 11 is 0. The van der Waals surface area contributed by atoms with Crippen molar-refractivity contribution in [1.29, 1.82) is 0 Å². The van der Waals surface area contributed by atoms with Crippen LogP contribution >= 0.6 is 21.6 Å². The third kappa shape index (κ3) is 12.1. The summed E-state index contributed by atoms with van der Waals surface area (Å²) in [5, 5.41) is 3.51. The van der Waals surface area contributed by atoms with E-state index in [0.717, 1.165) is 25.4 Å². The molecule has 24 heavy (non-hydrogen) atoms. The van der Waals surface area contributed by atoms with Gasteiger partial charge < -0.3 is 10.1 Å².